The molecular weight excluding hydrogens is 366 g/mol. The second kappa shape index (κ2) is 7.52. The van der Waals surface area contributed by atoms with Crippen molar-refractivity contribution in [3.05, 3.63) is 59.8 Å². The zero-order chi connectivity index (χ0) is 20.4. The largest absolute Gasteiger partial charge is 0.493 e. The SMILES string of the molecule is COc1ccc2c(-c3cccc(C#N)c3)nc(Nc3cc(C)[nH]n3)cc2c1OC. The van der Waals surface area contributed by atoms with Crippen LogP contribution in [0.3, 0.4) is 0 Å². The number of rotatable bonds is 5. The molecule has 0 radical (unpaired) electrons. The minimum absolute atomic E-state index is 0.569. The number of H-pyrrole nitrogens is 1. The van der Waals surface area contributed by atoms with Gasteiger partial charge in [0, 0.05) is 28.1 Å². The molecule has 0 bridgehead atoms. The predicted octanol–water partition coefficient (Wildman–Crippen LogP) is 4.57. The maximum absolute atomic E-state index is 9.29. The maximum atomic E-state index is 9.29. The van der Waals surface area contributed by atoms with E-state index in [1.165, 1.54) is 0 Å². The van der Waals surface area contributed by atoms with Crippen molar-refractivity contribution in [3.8, 4) is 28.8 Å². The van der Waals surface area contributed by atoms with Gasteiger partial charge in [0.15, 0.2) is 17.3 Å². The van der Waals surface area contributed by atoms with Crippen molar-refractivity contribution in [3.63, 3.8) is 0 Å². The lowest BCUT2D eigenvalue weighted by Gasteiger charge is -2.15. The summed E-state index contributed by atoms with van der Waals surface area (Å²) >= 11 is 0. The van der Waals surface area contributed by atoms with E-state index in [1.54, 1.807) is 20.3 Å². The fourth-order valence-electron chi connectivity index (χ4n) is 3.28. The summed E-state index contributed by atoms with van der Waals surface area (Å²) in [4.78, 5) is 4.81. The van der Waals surface area contributed by atoms with Gasteiger partial charge in [0.05, 0.1) is 31.5 Å². The third-order valence-corrected chi connectivity index (χ3v) is 4.58. The van der Waals surface area contributed by atoms with Crippen LogP contribution < -0.4 is 14.8 Å². The third kappa shape index (κ3) is 3.44. The zero-order valence-electron chi connectivity index (χ0n) is 16.3. The summed E-state index contributed by atoms with van der Waals surface area (Å²) in [6.45, 7) is 1.93. The molecule has 2 aromatic carbocycles. The molecule has 0 fully saturated rings. The van der Waals surface area contributed by atoms with Crippen molar-refractivity contribution in [2.45, 2.75) is 6.92 Å². The molecule has 2 aromatic heterocycles. The predicted molar refractivity (Wildman–Crippen MR) is 112 cm³/mol. The lowest BCUT2D eigenvalue weighted by atomic mass is 10.0. The van der Waals surface area contributed by atoms with Crippen LogP contribution in [0.4, 0.5) is 11.6 Å². The van der Waals surface area contributed by atoms with E-state index in [0.717, 1.165) is 27.7 Å². The van der Waals surface area contributed by atoms with Gasteiger partial charge in [-0.05, 0) is 37.3 Å². The smallest absolute Gasteiger partial charge is 0.168 e. The first-order chi connectivity index (χ1) is 14.1. The Kier molecular flexibility index (Phi) is 4.75. The summed E-state index contributed by atoms with van der Waals surface area (Å²) in [6.07, 6.45) is 0. The monoisotopic (exact) mass is 385 g/mol. The van der Waals surface area contributed by atoms with E-state index in [4.69, 9.17) is 14.5 Å². The number of hydrogen-bond donors (Lipinski definition) is 2. The molecule has 2 N–H and O–H groups in total. The molecular formula is C22H19N5O2. The Hall–Kier alpha value is -4.05. The van der Waals surface area contributed by atoms with Crippen LogP contribution in [0.15, 0.2) is 48.5 Å². The van der Waals surface area contributed by atoms with E-state index in [9.17, 15) is 5.26 Å². The van der Waals surface area contributed by atoms with E-state index in [-0.39, 0.29) is 0 Å². The second-order valence-corrected chi connectivity index (χ2v) is 6.51. The van der Waals surface area contributed by atoms with Crippen LogP contribution in [0.1, 0.15) is 11.3 Å². The number of nitrogens with zero attached hydrogens (tertiary/aromatic N) is 3. The number of pyridine rings is 1. The van der Waals surface area contributed by atoms with Gasteiger partial charge in [0.25, 0.3) is 0 Å². The summed E-state index contributed by atoms with van der Waals surface area (Å²) in [7, 11) is 3.21. The van der Waals surface area contributed by atoms with Crippen LogP contribution in [0.5, 0.6) is 11.5 Å². The molecule has 4 rings (SSSR count). The number of anilines is 2. The fraction of sp³-hybridized carbons (Fsp3) is 0.136. The molecule has 0 aliphatic heterocycles. The van der Waals surface area contributed by atoms with E-state index < -0.39 is 0 Å². The number of nitrogens with one attached hydrogen (secondary N) is 2. The number of hydrogen-bond acceptors (Lipinski definition) is 6. The highest BCUT2D eigenvalue weighted by molar-refractivity contribution is 6.01. The van der Waals surface area contributed by atoms with Crippen LogP contribution >= 0.6 is 0 Å². The molecule has 2 heterocycles. The highest BCUT2D eigenvalue weighted by atomic mass is 16.5. The Morgan fingerprint density at radius 1 is 1.00 bits per heavy atom. The summed E-state index contributed by atoms with van der Waals surface area (Å²) in [5, 5.41) is 21.4. The average molecular weight is 385 g/mol. The molecule has 29 heavy (non-hydrogen) atoms. The molecule has 0 saturated heterocycles. The first-order valence-electron chi connectivity index (χ1n) is 8.98. The van der Waals surface area contributed by atoms with Crippen molar-refractivity contribution in [2.75, 3.05) is 19.5 Å². The van der Waals surface area contributed by atoms with E-state index in [2.05, 4.69) is 21.6 Å². The minimum Gasteiger partial charge on any atom is -0.493 e. The lowest BCUT2D eigenvalue weighted by molar-refractivity contribution is 0.358. The van der Waals surface area contributed by atoms with Crippen molar-refractivity contribution in [1.82, 2.24) is 15.2 Å². The van der Waals surface area contributed by atoms with Crippen molar-refractivity contribution in [2.24, 2.45) is 0 Å². The van der Waals surface area contributed by atoms with Gasteiger partial charge in [-0.2, -0.15) is 10.4 Å². The summed E-state index contributed by atoms with van der Waals surface area (Å²) in [5.74, 6) is 2.51. The summed E-state index contributed by atoms with van der Waals surface area (Å²) < 4.78 is 11.1. The van der Waals surface area contributed by atoms with Crippen LogP contribution in [-0.4, -0.2) is 29.4 Å². The molecule has 7 nitrogen and oxygen atoms in total. The number of aromatic nitrogens is 3. The van der Waals surface area contributed by atoms with Gasteiger partial charge in [0.2, 0.25) is 0 Å². The summed E-state index contributed by atoms with van der Waals surface area (Å²) in [6, 6.07) is 17.1. The van der Waals surface area contributed by atoms with Crippen LogP contribution in [0.2, 0.25) is 0 Å². The average Bonchev–Trinajstić information content (AvgIpc) is 3.16. The van der Waals surface area contributed by atoms with Gasteiger partial charge < -0.3 is 14.8 Å². The highest BCUT2D eigenvalue weighted by Crippen LogP contribution is 2.40. The molecule has 4 aromatic rings. The molecule has 0 amide bonds. The first kappa shape index (κ1) is 18.3. The second-order valence-electron chi connectivity index (χ2n) is 6.51. The normalized spacial score (nSPS) is 10.6. The molecule has 0 atom stereocenters. The first-order valence-corrected chi connectivity index (χ1v) is 8.98. The molecule has 0 unspecified atom stereocenters. The number of benzene rings is 2. The van der Waals surface area contributed by atoms with Crippen molar-refractivity contribution in [1.29, 1.82) is 5.26 Å². The van der Waals surface area contributed by atoms with Gasteiger partial charge >= 0.3 is 0 Å². The van der Waals surface area contributed by atoms with Crippen molar-refractivity contribution >= 4 is 22.4 Å². The molecule has 0 saturated carbocycles. The van der Waals surface area contributed by atoms with E-state index in [1.807, 2.05) is 49.4 Å². The zero-order valence-corrected chi connectivity index (χ0v) is 16.3. The Morgan fingerprint density at radius 2 is 1.86 bits per heavy atom. The number of nitriles is 1. The van der Waals surface area contributed by atoms with Gasteiger partial charge in [-0.25, -0.2) is 4.98 Å². The van der Waals surface area contributed by atoms with Crippen LogP contribution in [0.25, 0.3) is 22.0 Å². The number of fused-ring (bicyclic) bond motifs is 1. The topological polar surface area (TPSA) is 95.8 Å². The quantitative estimate of drug-likeness (QED) is 0.523. The number of methoxy groups -OCH3 is 2. The Balaban J connectivity index is 1.97. The third-order valence-electron chi connectivity index (χ3n) is 4.58. The Labute approximate surface area is 167 Å². The fourth-order valence-corrected chi connectivity index (χ4v) is 3.28. The van der Waals surface area contributed by atoms with Gasteiger partial charge in [-0.1, -0.05) is 12.1 Å². The van der Waals surface area contributed by atoms with Crippen LogP contribution in [0, 0.1) is 18.3 Å². The molecule has 0 aliphatic rings. The van der Waals surface area contributed by atoms with Crippen molar-refractivity contribution < 1.29 is 9.47 Å². The maximum Gasteiger partial charge on any atom is 0.168 e. The Morgan fingerprint density at radius 3 is 2.55 bits per heavy atom. The minimum atomic E-state index is 0.569. The molecule has 0 spiro atoms. The summed E-state index contributed by atoms with van der Waals surface area (Å²) in [5.41, 5.74) is 3.08. The standard InChI is InChI=1S/C22H19N5O2/c1-13-9-20(27-26-13)24-19-11-17-16(7-8-18(28-2)22(17)29-3)21(25-19)15-6-4-5-14(10-15)12-23/h4-11H,1-3H3,(H2,24,25,26,27). The van der Waals surface area contributed by atoms with Gasteiger partial charge in [-0.3, -0.25) is 5.10 Å². The lowest BCUT2D eigenvalue weighted by Crippen LogP contribution is -1.99. The van der Waals surface area contributed by atoms with Gasteiger partial charge in [-0.15, -0.1) is 0 Å². The number of aryl methyl sites for hydroxylation is 1. The van der Waals surface area contributed by atoms with Crippen LogP contribution in [-0.2, 0) is 0 Å². The molecule has 7 heteroatoms. The Bertz CT molecular complexity index is 1240. The van der Waals surface area contributed by atoms with Gasteiger partial charge in [0.1, 0.15) is 5.82 Å². The molecule has 144 valence electrons. The van der Waals surface area contributed by atoms with E-state index >= 15 is 0 Å². The van der Waals surface area contributed by atoms with E-state index in [0.29, 0.717) is 28.7 Å². The molecule has 0 aliphatic carbocycles. The number of ether oxygens (including phenoxy) is 2. The number of aromatic amines is 1. The highest BCUT2D eigenvalue weighted by Gasteiger charge is 2.16.